The lowest BCUT2D eigenvalue weighted by atomic mass is 10.2. The predicted octanol–water partition coefficient (Wildman–Crippen LogP) is 0.928. The lowest BCUT2D eigenvalue weighted by molar-refractivity contribution is -0.137. The average Bonchev–Trinajstić information content (AvgIpc) is 2.35. The van der Waals surface area contributed by atoms with Crippen molar-refractivity contribution >= 4 is 17.8 Å². The highest BCUT2D eigenvalue weighted by Gasteiger charge is 2.10. The molecule has 0 aliphatic heterocycles. The standard InChI is InChI=1S/C11H15N3O4/c1-7(3-4-10(15)16)13-9-6-12-5-8(14-9)11(17)18-2/h5-7H,3-4H2,1-2H3,(H,13,14)(H,15,16). The van der Waals surface area contributed by atoms with Gasteiger partial charge < -0.3 is 15.2 Å². The molecule has 0 saturated carbocycles. The lowest BCUT2D eigenvalue weighted by Gasteiger charge is -2.13. The molecule has 0 aliphatic carbocycles. The second kappa shape index (κ2) is 6.53. The van der Waals surface area contributed by atoms with Crippen molar-refractivity contribution in [1.29, 1.82) is 0 Å². The molecule has 98 valence electrons. The highest BCUT2D eigenvalue weighted by Crippen LogP contribution is 2.08. The minimum atomic E-state index is -0.849. The third-order valence-electron chi connectivity index (χ3n) is 2.21. The number of nitrogens with one attached hydrogen (secondary N) is 1. The van der Waals surface area contributed by atoms with Gasteiger partial charge in [-0.25, -0.2) is 9.78 Å². The van der Waals surface area contributed by atoms with E-state index >= 15 is 0 Å². The van der Waals surface area contributed by atoms with Gasteiger partial charge in [-0.05, 0) is 13.3 Å². The van der Waals surface area contributed by atoms with Crippen LogP contribution >= 0.6 is 0 Å². The van der Waals surface area contributed by atoms with Crippen LogP contribution < -0.4 is 5.32 Å². The van der Waals surface area contributed by atoms with Gasteiger partial charge in [-0.15, -0.1) is 0 Å². The molecule has 0 bridgehead atoms. The fraction of sp³-hybridized carbons (Fsp3) is 0.455. The molecule has 0 aromatic carbocycles. The normalized spacial score (nSPS) is 11.7. The van der Waals surface area contributed by atoms with Gasteiger partial charge in [0.05, 0.1) is 19.5 Å². The Morgan fingerprint density at radius 1 is 1.50 bits per heavy atom. The molecule has 18 heavy (non-hydrogen) atoms. The van der Waals surface area contributed by atoms with Crippen LogP contribution in [0.2, 0.25) is 0 Å². The minimum Gasteiger partial charge on any atom is -0.481 e. The van der Waals surface area contributed by atoms with Gasteiger partial charge in [0.2, 0.25) is 0 Å². The van der Waals surface area contributed by atoms with Crippen LogP contribution in [0.15, 0.2) is 12.4 Å². The third kappa shape index (κ3) is 4.36. The topological polar surface area (TPSA) is 101 Å². The van der Waals surface area contributed by atoms with Gasteiger partial charge in [-0.2, -0.15) is 0 Å². The zero-order chi connectivity index (χ0) is 13.5. The van der Waals surface area contributed by atoms with Gasteiger partial charge in [0, 0.05) is 12.5 Å². The van der Waals surface area contributed by atoms with E-state index in [0.717, 1.165) is 0 Å². The molecular formula is C11H15N3O4. The maximum atomic E-state index is 11.2. The Bertz CT molecular complexity index is 436. The van der Waals surface area contributed by atoms with Crippen molar-refractivity contribution in [3.05, 3.63) is 18.1 Å². The van der Waals surface area contributed by atoms with Crippen molar-refractivity contribution in [3.8, 4) is 0 Å². The van der Waals surface area contributed by atoms with E-state index in [9.17, 15) is 9.59 Å². The first kappa shape index (κ1) is 13.9. The van der Waals surface area contributed by atoms with Crippen LogP contribution in [0.25, 0.3) is 0 Å². The minimum absolute atomic E-state index is 0.0677. The van der Waals surface area contributed by atoms with Crippen LogP contribution in [0, 0.1) is 0 Å². The maximum absolute atomic E-state index is 11.2. The van der Waals surface area contributed by atoms with E-state index in [-0.39, 0.29) is 18.2 Å². The number of anilines is 1. The number of rotatable bonds is 6. The molecule has 1 unspecified atom stereocenters. The molecule has 1 rings (SSSR count). The molecule has 7 nitrogen and oxygen atoms in total. The summed E-state index contributed by atoms with van der Waals surface area (Å²) < 4.78 is 4.53. The first-order valence-corrected chi connectivity index (χ1v) is 5.41. The number of carbonyl (C=O) groups excluding carboxylic acids is 1. The molecule has 0 amide bonds. The van der Waals surface area contributed by atoms with Gasteiger partial charge in [0.25, 0.3) is 0 Å². The van der Waals surface area contributed by atoms with E-state index in [1.54, 1.807) is 0 Å². The Morgan fingerprint density at radius 2 is 2.22 bits per heavy atom. The van der Waals surface area contributed by atoms with Crippen molar-refractivity contribution in [2.24, 2.45) is 0 Å². The fourth-order valence-electron chi connectivity index (χ4n) is 1.30. The molecule has 2 N–H and O–H groups in total. The monoisotopic (exact) mass is 253 g/mol. The number of esters is 1. The van der Waals surface area contributed by atoms with Crippen molar-refractivity contribution < 1.29 is 19.4 Å². The number of aliphatic carboxylic acids is 1. The van der Waals surface area contributed by atoms with Crippen molar-refractivity contribution in [2.75, 3.05) is 12.4 Å². The smallest absolute Gasteiger partial charge is 0.358 e. The number of aromatic nitrogens is 2. The Balaban J connectivity index is 2.61. The van der Waals surface area contributed by atoms with E-state index in [1.165, 1.54) is 19.5 Å². The third-order valence-corrected chi connectivity index (χ3v) is 2.21. The second-order valence-electron chi connectivity index (χ2n) is 3.76. The van der Waals surface area contributed by atoms with E-state index in [2.05, 4.69) is 20.0 Å². The highest BCUT2D eigenvalue weighted by atomic mass is 16.5. The number of methoxy groups -OCH3 is 1. The Hall–Kier alpha value is -2.18. The number of hydrogen-bond donors (Lipinski definition) is 2. The SMILES string of the molecule is COC(=O)c1cncc(NC(C)CCC(=O)O)n1. The van der Waals surface area contributed by atoms with Gasteiger partial charge in [-0.3, -0.25) is 9.78 Å². The molecule has 0 saturated heterocycles. The van der Waals surface area contributed by atoms with Gasteiger partial charge in [0.15, 0.2) is 5.69 Å². The van der Waals surface area contributed by atoms with E-state index in [0.29, 0.717) is 12.2 Å². The van der Waals surface area contributed by atoms with Gasteiger partial charge in [-0.1, -0.05) is 0 Å². The lowest BCUT2D eigenvalue weighted by Crippen LogP contribution is -2.18. The molecule has 7 heteroatoms. The van der Waals surface area contributed by atoms with Gasteiger partial charge in [0.1, 0.15) is 5.82 Å². The summed E-state index contributed by atoms with van der Waals surface area (Å²) in [5.74, 6) is -1.00. The molecule has 0 aliphatic rings. The summed E-state index contributed by atoms with van der Waals surface area (Å²) in [4.78, 5) is 29.5. The van der Waals surface area contributed by atoms with Crippen LogP contribution in [0.4, 0.5) is 5.82 Å². The summed E-state index contributed by atoms with van der Waals surface area (Å²) >= 11 is 0. The van der Waals surface area contributed by atoms with Gasteiger partial charge >= 0.3 is 11.9 Å². The Kier molecular flexibility index (Phi) is 5.04. The molecule has 0 radical (unpaired) electrons. The van der Waals surface area contributed by atoms with Crippen LogP contribution in [0.3, 0.4) is 0 Å². The molecule has 0 fully saturated rings. The fourth-order valence-corrected chi connectivity index (χ4v) is 1.30. The van der Waals surface area contributed by atoms with Crippen molar-refractivity contribution in [3.63, 3.8) is 0 Å². The predicted molar refractivity (Wildman–Crippen MR) is 63.3 cm³/mol. The van der Waals surface area contributed by atoms with E-state index in [1.807, 2.05) is 6.92 Å². The Morgan fingerprint density at radius 3 is 2.83 bits per heavy atom. The number of carbonyl (C=O) groups is 2. The maximum Gasteiger partial charge on any atom is 0.358 e. The number of ether oxygens (including phenoxy) is 1. The number of carboxylic acid groups (broad SMARTS) is 1. The summed E-state index contributed by atoms with van der Waals surface area (Å²) in [6.07, 6.45) is 3.29. The van der Waals surface area contributed by atoms with Crippen molar-refractivity contribution in [1.82, 2.24) is 9.97 Å². The largest absolute Gasteiger partial charge is 0.481 e. The summed E-state index contributed by atoms with van der Waals surface area (Å²) in [6.45, 7) is 1.83. The van der Waals surface area contributed by atoms with E-state index < -0.39 is 11.9 Å². The van der Waals surface area contributed by atoms with Crippen molar-refractivity contribution in [2.45, 2.75) is 25.8 Å². The highest BCUT2D eigenvalue weighted by molar-refractivity contribution is 5.87. The quantitative estimate of drug-likeness (QED) is 0.727. The molecule has 0 spiro atoms. The first-order valence-electron chi connectivity index (χ1n) is 5.41. The Labute approximate surface area is 104 Å². The first-order chi connectivity index (χ1) is 8.52. The number of nitrogens with zero attached hydrogens (tertiary/aromatic N) is 2. The molecular weight excluding hydrogens is 238 g/mol. The number of hydrogen-bond acceptors (Lipinski definition) is 6. The molecule has 1 aromatic heterocycles. The molecule has 1 heterocycles. The van der Waals surface area contributed by atoms with E-state index in [4.69, 9.17) is 5.11 Å². The zero-order valence-corrected chi connectivity index (χ0v) is 10.2. The summed E-state index contributed by atoms with van der Waals surface area (Å²) in [5.41, 5.74) is 0.105. The molecule has 1 aromatic rings. The second-order valence-corrected chi connectivity index (χ2v) is 3.76. The summed E-state index contributed by atoms with van der Waals surface area (Å²) in [6, 6.07) is -0.0803. The van der Waals surface area contributed by atoms with Crippen LogP contribution in [0.1, 0.15) is 30.3 Å². The zero-order valence-electron chi connectivity index (χ0n) is 10.2. The van der Waals surface area contributed by atoms with Crippen LogP contribution in [-0.4, -0.2) is 40.2 Å². The average molecular weight is 253 g/mol. The van der Waals surface area contributed by atoms with Crippen LogP contribution in [-0.2, 0) is 9.53 Å². The molecule has 1 atom stereocenters. The number of carboxylic acids is 1. The summed E-state index contributed by atoms with van der Waals surface area (Å²) in [7, 11) is 1.26. The van der Waals surface area contributed by atoms with Crippen LogP contribution in [0.5, 0.6) is 0 Å². The summed E-state index contributed by atoms with van der Waals surface area (Å²) in [5, 5.41) is 11.5.